The summed E-state index contributed by atoms with van der Waals surface area (Å²) in [4.78, 5) is 13.0. The van der Waals surface area contributed by atoms with Gasteiger partial charge in [0.15, 0.2) is 0 Å². The Balaban J connectivity index is 2.39. The molecule has 0 bridgehead atoms. The molecule has 0 saturated heterocycles. The SMILES string of the molecule is CC(C)(C)c1nc(-c2ccncc2)c2c(N)nccn12. The fraction of sp³-hybridized carbons (Fsp3) is 0.267. The van der Waals surface area contributed by atoms with E-state index in [-0.39, 0.29) is 5.41 Å². The second-order valence-electron chi connectivity index (χ2n) is 5.80. The first-order valence-corrected chi connectivity index (χ1v) is 6.52. The third-order valence-corrected chi connectivity index (χ3v) is 3.21. The Morgan fingerprint density at radius 2 is 1.80 bits per heavy atom. The monoisotopic (exact) mass is 267 g/mol. The third-order valence-electron chi connectivity index (χ3n) is 3.21. The minimum Gasteiger partial charge on any atom is -0.382 e. The molecule has 0 fully saturated rings. The first-order valence-electron chi connectivity index (χ1n) is 6.52. The molecule has 0 unspecified atom stereocenters. The van der Waals surface area contributed by atoms with Crippen molar-refractivity contribution in [2.24, 2.45) is 0 Å². The lowest BCUT2D eigenvalue weighted by molar-refractivity contribution is 0.543. The molecule has 0 amide bonds. The van der Waals surface area contributed by atoms with Crippen LogP contribution in [0.2, 0.25) is 0 Å². The van der Waals surface area contributed by atoms with Crippen molar-refractivity contribution in [1.82, 2.24) is 19.4 Å². The second kappa shape index (κ2) is 4.30. The van der Waals surface area contributed by atoms with Gasteiger partial charge in [0, 0.05) is 35.8 Å². The van der Waals surface area contributed by atoms with Gasteiger partial charge in [0.1, 0.15) is 22.9 Å². The van der Waals surface area contributed by atoms with E-state index < -0.39 is 0 Å². The molecule has 3 aromatic heterocycles. The number of pyridine rings is 1. The molecule has 0 saturated carbocycles. The summed E-state index contributed by atoms with van der Waals surface area (Å²) in [7, 11) is 0. The zero-order valence-electron chi connectivity index (χ0n) is 11.8. The smallest absolute Gasteiger partial charge is 0.150 e. The molecule has 0 atom stereocenters. The fourth-order valence-corrected chi connectivity index (χ4v) is 2.30. The molecule has 0 spiro atoms. The lowest BCUT2D eigenvalue weighted by Gasteiger charge is -2.16. The summed E-state index contributed by atoms with van der Waals surface area (Å²) >= 11 is 0. The summed E-state index contributed by atoms with van der Waals surface area (Å²) in [6.07, 6.45) is 7.12. The standard InChI is InChI=1S/C15H17N5/c1-15(2,3)14-19-11(10-4-6-17-7-5-10)12-13(16)18-8-9-20(12)14/h4-9H,1-3H3,(H2,16,18). The number of nitrogens with two attached hydrogens (primary N) is 1. The molecule has 0 aliphatic carbocycles. The quantitative estimate of drug-likeness (QED) is 0.736. The van der Waals surface area contributed by atoms with E-state index in [9.17, 15) is 0 Å². The lowest BCUT2D eigenvalue weighted by atomic mass is 9.96. The number of fused-ring (bicyclic) bond motifs is 1. The van der Waals surface area contributed by atoms with Crippen LogP contribution in [-0.2, 0) is 5.41 Å². The van der Waals surface area contributed by atoms with Crippen LogP contribution in [-0.4, -0.2) is 19.4 Å². The highest BCUT2D eigenvalue weighted by Gasteiger charge is 2.24. The Labute approximate surface area is 117 Å². The first kappa shape index (κ1) is 12.6. The Hall–Kier alpha value is -2.43. The van der Waals surface area contributed by atoms with E-state index in [0.717, 1.165) is 22.6 Å². The number of hydrogen-bond acceptors (Lipinski definition) is 4. The molecule has 0 aliphatic heterocycles. The van der Waals surface area contributed by atoms with Crippen LogP contribution in [0.25, 0.3) is 16.8 Å². The van der Waals surface area contributed by atoms with Gasteiger partial charge in [-0.25, -0.2) is 9.97 Å². The predicted molar refractivity (Wildman–Crippen MR) is 79.3 cm³/mol. The fourth-order valence-electron chi connectivity index (χ4n) is 2.30. The van der Waals surface area contributed by atoms with Crippen molar-refractivity contribution in [2.45, 2.75) is 26.2 Å². The van der Waals surface area contributed by atoms with Crippen LogP contribution in [0.4, 0.5) is 5.82 Å². The Bertz CT molecular complexity index is 753. The highest BCUT2D eigenvalue weighted by Crippen LogP contribution is 2.31. The Kier molecular flexibility index (Phi) is 2.71. The van der Waals surface area contributed by atoms with Crippen LogP contribution in [0.3, 0.4) is 0 Å². The summed E-state index contributed by atoms with van der Waals surface area (Å²) in [5.41, 5.74) is 8.68. The van der Waals surface area contributed by atoms with Gasteiger partial charge in [0.25, 0.3) is 0 Å². The van der Waals surface area contributed by atoms with Gasteiger partial charge < -0.3 is 5.73 Å². The van der Waals surface area contributed by atoms with Crippen molar-refractivity contribution >= 4 is 11.3 Å². The van der Waals surface area contributed by atoms with Crippen LogP contribution in [0.15, 0.2) is 36.9 Å². The van der Waals surface area contributed by atoms with Gasteiger partial charge in [0.2, 0.25) is 0 Å². The highest BCUT2D eigenvalue weighted by molar-refractivity contribution is 5.85. The van der Waals surface area contributed by atoms with E-state index in [1.165, 1.54) is 0 Å². The second-order valence-corrected chi connectivity index (χ2v) is 5.80. The largest absolute Gasteiger partial charge is 0.382 e. The van der Waals surface area contributed by atoms with Gasteiger partial charge in [-0.1, -0.05) is 20.8 Å². The maximum Gasteiger partial charge on any atom is 0.150 e. The molecule has 5 nitrogen and oxygen atoms in total. The molecular formula is C15H17N5. The maximum absolute atomic E-state index is 6.06. The number of nitrogen functional groups attached to an aromatic ring is 1. The minimum absolute atomic E-state index is 0.0814. The molecule has 20 heavy (non-hydrogen) atoms. The van der Waals surface area contributed by atoms with Gasteiger partial charge in [-0.2, -0.15) is 0 Å². The molecule has 3 heterocycles. The molecule has 3 rings (SSSR count). The number of nitrogens with zero attached hydrogens (tertiary/aromatic N) is 4. The van der Waals surface area contributed by atoms with Gasteiger partial charge in [-0.15, -0.1) is 0 Å². The summed E-state index contributed by atoms with van der Waals surface area (Å²) in [6.45, 7) is 6.40. The molecule has 2 N–H and O–H groups in total. The zero-order valence-corrected chi connectivity index (χ0v) is 11.8. The van der Waals surface area contributed by atoms with Crippen molar-refractivity contribution in [3.63, 3.8) is 0 Å². The molecule has 0 radical (unpaired) electrons. The molecule has 5 heteroatoms. The lowest BCUT2D eigenvalue weighted by Crippen LogP contribution is -2.16. The Morgan fingerprint density at radius 1 is 1.10 bits per heavy atom. The van der Waals surface area contributed by atoms with E-state index in [1.54, 1.807) is 18.6 Å². The van der Waals surface area contributed by atoms with E-state index >= 15 is 0 Å². The zero-order chi connectivity index (χ0) is 14.3. The van der Waals surface area contributed by atoms with E-state index in [1.807, 2.05) is 22.7 Å². The van der Waals surface area contributed by atoms with Crippen LogP contribution < -0.4 is 5.73 Å². The average Bonchev–Trinajstić information content (AvgIpc) is 2.81. The molecule has 102 valence electrons. The van der Waals surface area contributed by atoms with Crippen molar-refractivity contribution in [3.05, 3.63) is 42.7 Å². The van der Waals surface area contributed by atoms with Crippen molar-refractivity contribution < 1.29 is 0 Å². The van der Waals surface area contributed by atoms with Crippen molar-refractivity contribution in [1.29, 1.82) is 0 Å². The Morgan fingerprint density at radius 3 is 2.45 bits per heavy atom. The maximum atomic E-state index is 6.06. The normalized spacial score (nSPS) is 11.9. The molecule has 3 aromatic rings. The van der Waals surface area contributed by atoms with Gasteiger partial charge in [0.05, 0.1) is 0 Å². The molecular weight excluding hydrogens is 250 g/mol. The minimum atomic E-state index is -0.0814. The van der Waals surface area contributed by atoms with Gasteiger partial charge >= 0.3 is 0 Å². The molecule has 0 aromatic carbocycles. The van der Waals surface area contributed by atoms with Crippen molar-refractivity contribution in [3.8, 4) is 11.3 Å². The predicted octanol–water partition coefficient (Wildman–Crippen LogP) is 2.67. The van der Waals surface area contributed by atoms with E-state index in [0.29, 0.717) is 5.82 Å². The van der Waals surface area contributed by atoms with Crippen LogP contribution in [0.1, 0.15) is 26.6 Å². The first-order chi connectivity index (χ1) is 9.48. The summed E-state index contributed by atoms with van der Waals surface area (Å²) < 4.78 is 2.03. The summed E-state index contributed by atoms with van der Waals surface area (Å²) in [5, 5.41) is 0. The number of rotatable bonds is 1. The number of imidazole rings is 1. The van der Waals surface area contributed by atoms with Crippen LogP contribution in [0, 0.1) is 0 Å². The summed E-state index contributed by atoms with van der Waals surface area (Å²) in [6, 6.07) is 3.86. The van der Waals surface area contributed by atoms with E-state index in [4.69, 9.17) is 10.7 Å². The van der Waals surface area contributed by atoms with E-state index in [2.05, 4.69) is 30.7 Å². The number of hydrogen-bond donors (Lipinski definition) is 1. The topological polar surface area (TPSA) is 69.1 Å². The number of aromatic nitrogens is 4. The van der Waals surface area contributed by atoms with Crippen LogP contribution in [0.5, 0.6) is 0 Å². The average molecular weight is 267 g/mol. The highest BCUT2D eigenvalue weighted by atomic mass is 15.1. The van der Waals surface area contributed by atoms with Gasteiger partial charge in [-0.3, -0.25) is 9.38 Å². The summed E-state index contributed by atoms with van der Waals surface area (Å²) in [5.74, 6) is 1.45. The number of anilines is 1. The molecule has 0 aliphatic rings. The van der Waals surface area contributed by atoms with Gasteiger partial charge in [-0.05, 0) is 12.1 Å². The van der Waals surface area contributed by atoms with Crippen LogP contribution >= 0.6 is 0 Å². The van der Waals surface area contributed by atoms with Crippen molar-refractivity contribution in [2.75, 3.05) is 5.73 Å². The third kappa shape index (κ3) is 1.91.